The quantitative estimate of drug-likeness (QED) is 0.420. The summed E-state index contributed by atoms with van der Waals surface area (Å²) in [5.41, 5.74) is 1.16. The number of unbranched alkanes of at least 4 members (excludes halogenated alkanes) is 1. The molecule has 0 N–H and O–H groups in total. The van der Waals surface area contributed by atoms with Crippen LogP contribution in [-0.4, -0.2) is 11.8 Å². The lowest BCUT2D eigenvalue weighted by Gasteiger charge is -2.24. The molecule has 0 aromatic rings. The lowest BCUT2D eigenvalue weighted by Crippen LogP contribution is -2.11. The van der Waals surface area contributed by atoms with E-state index in [1.807, 2.05) is 0 Å². The Labute approximate surface area is 60.2 Å². The summed E-state index contributed by atoms with van der Waals surface area (Å²) >= 11 is 0. The third kappa shape index (κ3) is 2.67. The molecule has 0 aromatic carbocycles. The van der Waals surface area contributed by atoms with Gasteiger partial charge in [0, 0.05) is 0 Å². The lowest BCUT2D eigenvalue weighted by atomic mass is 10.00. The van der Waals surface area contributed by atoms with Gasteiger partial charge in [-0.05, 0) is 31.1 Å². The van der Waals surface area contributed by atoms with Crippen molar-refractivity contribution in [2.45, 2.75) is 44.7 Å². The van der Waals surface area contributed by atoms with Crippen molar-refractivity contribution in [1.82, 2.24) is 0 Å². The molecule has 1 rings (SSSR count). The van der Waals surface area contributed by atoms with Gasteiger partial charge in [0.15, 0.2) is 0 Å². The first-order valence-corrected chi connectivity index (χ1v) is 5.45. The molecule has 54 valence electrons. The maximum atomic E-state index is 2.28. The van der Waals surface area contributed by atoms with E-state index in [0.717, 1.165) is 5.66 Å². The van der Waals surface area contributed by atoms with E-state index in [1.165, 1.54) is 34.0 Å². The third-order valence-corrected chi connectivity index (χ3v) is 3.87. The Morgan fingerprint density at radius 3 is 2.67 bits per heavy atom. The monoisotopic (exact) mass is 144 g/mol. The first kappa shape index (κ1) is 7.54. The van der Waals surface area contributed by atoms with Crippen LogP contribution in [0.2, 0.25) is 0 Å². The zero-order valence-corrected chi connectivity index (χ0v) is 7.32. The van der Waals surface area contributed by atoms with Crippen LogP contribution in [0.4, 0.5) is 0 Å². The van der Waals surface area contributed by atoms with Gasteiger partial charge in [0.05, 0.1) is 0 Å². The van der Waals surface area contributed by atoms with Crippen LogP contribution < -0.4 is 0 Å². The predicted molar refractivity (Wildman–Crippen MR) is 45.7 cm³/mol. The summed E-state index contributed by atoms with van der Waals surface area (Å²) in [6, 6.07) is 0. The van der Waals surface area contributed by atoms with E-state index in [9.17, 15) is 0 Å². The van der Waals surface area contributed by atoms with Crippen molar-refractivity contribution < 1.29 is 0 Å². The van der Waals surface area contributed by atoms with Crippen molar-refractivity contribution in [2.75, 3.05) is 6.16 Å². The van der Waals surface area contributed by atoms with Gasteiger partial charge in [-0.3, -0.25) is 0 Å². The van der Waals surface area contributed by atoms with Crippen LogP contribution in [0.1, 0.15) is 39.0 Å². The molecule has 0 bridgehead atoms. The van der Waals surface area contributed by atoms with E-state index >= 15 is 0 Å². The van der Waals surface area contributed by atoms with Crippen LogP contribution in [-0.2, 0) is 0 Å². The molecule has 1 fully saturated rings. The normalized spacial score (nSPS) is 21.0. The van der Waals surface area contributed by atoms with Gasteiger partial charge < -0.3 is 0 Å². The molecule has 1 aliphatic rings. The largest absolute Gasteiger partial charge is 0.119 e. The molecule has 0 spiro atoms. The van der Waals surface area contributed by atoms with Crippen LogP contribution in [0, 0.1) is 0 Å². The standard InChI is InChI=1S/C8H17P/c1-2-3-7-9-8-5-4-6-8/h8-9H,2-7H2,1H3. The summed E-state index contributed by atoms with van der Waals surface area (Å²) in [7, 11) is 1.30. The minimum atomic E-state index is 1.16. The second-order valence-corrected chi connectivity index (χ2v) is 4.66. The molecule has 1 aliphatic carbocycles. The van der Waals surface area contributed by atoms with Gasteiger partial charge in [-0.1, -0.05) is 19.8 Å². The molecule has 0 radical (unpaired) electrons. The topological polar surface area (TPSA) is 0 Å². The van der Waals surface area contributed by atoms with Crippen LogP contribution >= 0.6 is 8.58 Å². The van der Waals surface area contributed by atoms with Gasteiger partial charge >= 0.3 is 0 Å². The predicted octanol–water partition coefficient (Wildman–Crippen LogP) is 3.02. The molecular weight excluding hydrogens is 127 g/mol. The zero-order valence-electron chi connectivity index (χ0n) is 6.32. The molecule has 1 atom stereocenters. The summed E-state index contributed by atoms with van der Waals surface area (Å²) in [6.45, 7) is 2.28. The highest BCUT2D eigenvalue weighted by atomic mass is 31.1. The van der Waals surface area contributed by atoms with Gasteiger partial charge in [-0.15, -0.1) is 8.58 Å². The molecule has 0 saturated heterocycles. The van der Waals surface area contributed by atoms with Crippen molar-refractivity contribution in [1.29, 1.82) is 0 Å². The number of hydrogen-bond acceptors (Lipinski definition) is 0. The van der Waals surface area contributed by atoms with Crippen LogP contribution in [0.5, 0.6) is 0 Å². The molecule has 9 heavy (non-hydrogen) atoms. The molecule has 1 unspecified atom stereocenters. The first-order valence-electron chi connectivity index (χ1n) is 4.17. The van der Waals surface area contributed by atoms with Gasteiger partial charge in [0.25, 0.3) is 0 Å². The van der Waals surface area contributed by atoms with Crippen LogP contribution in [0.3, 0.4) is 0 Å². The van der Waals surface area contributed by atoms with Crippen LogP contribution in [0.15, 0.2) is 0 Å². The molecular formula is C8H17P. The maximum Gasteiger partial charge on any atom is -0.0237 e. The van der Waals surface area contributed by atoms with Crippen molar-refractivity contribution in [3.8, 4) is 0 Å². The Hall–Kier alpha value is 0.430. The average molecular weight is 144 g/mol. The fourth-order valence-corrected chi connectivity index (χ4v) is 2.88. The Morgan fingerprint density at radius 2 is 2.22 bits per heavy atom. The highest BCUT2D eigenvalue weighted by molar-refractivity contribution is 7.38. The van der Waals surface area contributed by atoms with Gasteiger partial charge in [-0.2, -0.15) is 0 Å². The second-order valence-electron chi connectivity index (χ2n) is 2.94. The van der Waals surface area contributed by atoms with Crippen molar-refractivity contribution >= 4 is 8.58 Å². The lowest BCUT2D eigenvalue weighted by molar-refractivity contribution is 0.517. The van der Waals surface area contributed by atoms with Crippen molar-refractivity contribution in [2.24, 2.45) is 0 Å². The molecule has 1 saturated carbocycles. The summed E-state index contributed by atoms with van der Waals surface area (Å²) in [5.74, 6) is 0. The fourth-order valence-electron chi connectivity index (χ4n) is 1.10. The fraction of sp³-hybridized carbons (Fsp3) is 1.00. The molecule has 0 heterocycles. The summed E-state index contributed by atoms with van der Waals surface area (Å²) in [4.78, 5) is 0. The Bertz CT molecular complexity index is 67.0. The SMILES string of the molecule is CCCCPC1CCC1. The molecule has 0 amide bonds. The maximum absolute atomic E-state index is 2.28. The van der Waals surface area contributed by atoms with Gasteiger partial charge in [0.2, 0.25) is 0 Å². The minimum absolute atomic E-state index is 1.16. The number of hydrogen-bond donors (Lipinski definition) is 0. The highest BCUT2D eigenvalue weighted by Gasteiger charge is 2.15. The minimum Gasteiger partial charge on any atom is -0.119 e. The third-order valence-electron chi connectivity index (χ3n) is 2.07. The highest BCUT2D eigenvalue weighted by Crippen LogP contribution is 2.36. The van der Waals surface area contributed by atoms with E-state index < -0.39 is 0 Å². The van der Waals surface area contributed by atoms with Gasteiger partial charge in [0.1, 0.15) is 0 Å². The Kier molecular flexibility index (Phi) is 3.58. The van der Waals surface area contributed by atoms with Gasteiger partial charge in [-0.25, -0.2) is 0 Å². The zero-order chi connectivity index (χ0) is 6.53. The molecule has 0 nitrogen and oxygen atoms in total. The number of rotatable bonds is 4. The summed E-state index contributed by atoms with van der Waals surface area (Å²) < 4.78 is 0. The molecule has 0 aromatic heterocycles. The molecule has 0 aliphatic heterocycles. The van der Waals surface area contributed by atoms with Crippen molar-refractivity contribution in [3.63, 3.8) is 0 Å². The Balaban J connectivity index is 1.80. The Morgan fingerprint density at radius 1 is 1.44 bits per heavy atom. The summed E-state index contributed by atoms with van der Waals surface area (Å²) in [5, 5.41) is 0. The van der Waals surface area contributed by atoms with Crippen molar-refractivity contribution in [3.05, 3.63) is 0 Å². The summed E-state index contributed by atoms with van der Waals surface area (Å²) in [6.07, 6.45) is 8.98. The van der Waals surface area contributed by atoms with E-state index in [4.69, 9.17) is 0 Å². The van der Waals surface area contributed by atoms with Crippen LogP contribution in [0.25, 0.3) is 0 Å². The van der Waals surface area contributed by atoms with E-state index in [0.29, 0.717) is 0 Å². The first-order chi connectivity index (χ1) is 4.43. The van der Waals surface area contributed by atoms with E-state index in [2.05, 4.69) is 6.92 Å². The van der Waals surface area contributed by atoms with E-state index in [1.54, 1.807) is 12.8 Å². The van der Waals surface area contributed by atoms with E-state index in [-0.39, 0.29) is 0 Å². The molecule has 1 heteroatoms. The smallest absolute Gasteiger partial charge is 0.0237 e. The average Bonchev–Trinajstić information content (AvgIpc) is 1.76. The second kappa shape index (κ2) is 4.28.